The molecule has 1 aromatic carbocycles. The monoisotopic (exact) mass is 241 g/mol. The maximum Gasteiger partial charge on any atom is 0.172 e. The first-order chi connectivity index (χ1) is 7.88. The summed E-state index contributed by atoms with van der Waals surface area (Å²) in [5.74, 6) is -0.402. The van der Waals surface area contributed by atoms with Crippen LogP contribution in [0.4, 0.5) is 4.39 Å². The van der Waals surface area contributed by atoms with Crippen LogP contribution in [0.5, 0.6) is 17.2 Å². The summed E-state index contributed by atoms with van der Waals surface area (Å²) in [7, 11) is 0. The van der Waals surface area contributed by atoms with Crippen LogP contribution >= 0.6 is 0 Å². The summed E-state index contributed by atoms with van der Waals surface area (Å²) >= 11 is 0. The lowest BCUT2D eigenvalue weighted by Gasteiger charge is -2.25. The summed E-state index contributed by atoms with van der Waals surface area (Å²) in [6, 6.07) is 1.23. The Hall–Kier alpha value is -1.49. The van der Waals surface area contributed by atoms with Gasteiger partial charge in [-0.25, -0.2) is 4.39 Å². The van der Waals surface area contributed by atoms with Gasteiger partial charge in [0.15, 0.2) is 23.1 Å². The molecule has 0 saturated carbocycles. The molecular weight excluding hydrogens is 225 g/mol. The molecule has 1 aromatic rings. The van der Waals surface area contributed by atoms with E-state index in [2.05, 4.69) is 0 Å². The van der Waals surface area contributed by atoms with Crippen LogP contribution in [-0.2, 0) is 6.42 Å². The highest BCUT2D eigenvalue weighted by Gasteiger charge is 2.26. The molecule has 0 saturated heterocycles. The van der Waals surface area contributed by atoms with Gasteiger partial charge in [0.25, 0.3) is 0 Å². The molecule has 17 heavy (non-hydrogen) atoms. The lowest BCUT2D eigenvalue weighted by molar-refractivity contribution is 0.167. The van der Waals surface area contributed by atoms with E-state index in [0.717, 1.165) is 0 Å². The van der Waals surface area contributed by atoms with Gasteiger partial charge in [0.1, 0.15) is 13.2 Å². The number of hydrogen-bond donors (Lipinski definition) is 2. The molecule has 1 aliphatic rings. The summed E-state index contributed by atoms with van der Waals surface area (Å²) in [6.45, 7) is 4.33. The van der Waals surface area contributed by atoms with Crippen LogP contribution in [0.15, 0.2) is 6.07 Å². The predicted molar refractivity (Wildman–Crippen MR) is 61.0 cm³/mol. The van der Waals surface area contributed by atoms with Crippen molar-refractivity contribution in [2.45, 2.75) is 25.8 Å². The topological polar surface area (TPSA) is 64.7 Å². The van der Waals surface area contributed by atoms with Crippen LogP contribution in [0.2, 0.25) is 0 Å². The Morgan fingerprint density at radius 1 is 1.41 bits per heavy atom. The normalized spacial score (nSPS) is 14.8. The number of rotatable bonds is 2. The highest BCUT2D eigenvalue weighted by atomic mass is 19.1. The molecule has 0 aromatic heterocycles. The molecule has 3 N–H and O–H groups in total. The van der Waals surface area contributed by atoms with Crippen LogP contribution in [0, 0.1) is 5.82 Å². The summed E-state index contributed by atoms with van der Waals surface area (Å²) in [6.07, 6.45) is 0.263. The lowest BCUT2D eigenvalue weighted by Crippen LogP contribution is -2.35. The van der Waals surface area contributed by atoms with Crippen molar-refractivity contribution in [2.75, 3.05) is 13.2 Å². The molecule has 94 valence electrons. The van der Waals surface area contributed by atoms with Crippen molar-refractivity contribution >= 4 is 0 Å². The average Bonchev–Trinajstić information content (AvgIpc) is 2.23. The minimum Gasteiger partial charge on any atom is -0.505 e. The molecule has 1 heterocycles. The molecule has 0 atom stereocenters. The van der Waals surface area contributed by atoms with Gasteiger partial charge < -0.3 is 20.3 Å². The van der Waals surface area contributed by atoms with E-state index in [1.54, 1.807) is 13.8 Å². The Morgan fingerprint density at radius 3 is 2.71 bits per heavy atom. The fourth-order valence-electron chi connectivity index (χ4n) is 1.83. The molecule has 2 rings (SSSR count). The van der Waals surface area contributed by atoms with Gasteiger partial charge in [-0.15, -0.1) is 0 Å². The number of hydrogen-bond acceptors (Lipinski definition) is 4. The second-order valence-corrected chi connectivity index (χ2v) is 4.88. The Balaban J connectivity index is 2.51. The second kappa shape index (κ2) is 4.07. The molecule has 0 spiro atoms. The zero-order valence-electron chi connectivity index (χ0n) is 9.92. The first-order valence-electron chi connectivity index (χ1n) is 5.47. The SMILES string of the molecule is CC(C)(N)Cc1c(F)c(O)cc2c1OCCO2. The predicted octanol–water partition coefficient (Wildman–Crippen LogP) is 1.58. The highest BCUT2D eigenvalue weighted by molar-refractivity contribution is 5.53. The first-order valence-corrected chi connectivity index (χ1v) is 5.47. The van der Waals surface area contributed by atoms with Gasteiger partial charge in [0.05, 0.1) is 0 Å². The molecule has 4 nitrogen and oxygen atoms in total. The van der Waals surface area contributed by atoms with Crippen molar-refractivity contribution in [3.63, 3.8) is 0 Å². The van der Waals surface area contributed by atoms with E-state index in [-0.39, 0.29) is 12.0 Å². The third-order valence-corrected chi connectivity index (χ3v) is 2.48. The molecule has 0 radical (unpaired) electrons. The van der Waals surface area contributed by atoms with Crippen molar-refractivity contribution < 1.29 is 19.0 Å². The van der Waals surface area contributed by atoms with Crippen LogP contribution in [0.3, 0.4) is 0 Å². The molecule has 0 fully saturated rings. The number of phenolic OH excluding ortho intramolecular Hbond substituents is 1. The average molecular weight is 241 g/mol. The minimum absolute atomic E-state index is 0.263. The molecular formula is C12H16FNO3. The van der Waals surface area contributed by atoms with Crippen LogP contribution < -0.4 is 15.2 Å². The van der Waals surface area contributed by atoms with Crippen LogP contribution in [-0.4, -0.2) is 23.9 Å². The van der Waals surface area contributed by atoms with Gasteiger partial charge in [-0.1, -0.05) is 0 Å². The fourth-order valence-corrected chi connectivity index (χ4v) is 1.83. The van der Waals surface area contributed by atoms with E-state index in [0.29, 0.717) is 24.7 Å². The molecule has 1 aliphatic heterocycles. The number of phenols is 1. The number of fused-ring (bicyclic) bond motifs is 1. The van der Waals surface area contributed by atoms with Gasteiger partial charge in [0.2, 0.25) is 0 Å². The number of nitrogens with two attached hydrogens (primary N) is 1. The quantitative estimate of drug-likeness (QED) is 0.825. The van der Waals surface area contributed by atoms with Gasteiger partial charge in [-0.3, -0.25) is 0 Å². The Bertz CT molecular complexity index is 440. The Labute approximate surface area is 99.1 Å². The molecule has 0 aliphatic carbocycles. The van der Waals surface area contributed by atoms with Crippen LogP contribution in [0.1, 0.15) is 19.4 Å². The number of ether oxygens (including phenoxy) is 2. The van der Waals surface area contributed by atoms with E-state index in [4.69, 9.17) is 15.2 Å². The van der Waals surface area contributed by atoms with Gasteiger partial charge in [-0.2, -0.15) is 0 Å². The van der Waals surface area contributed by atoms with Crippen molar-refractivity contribution in [3.05, 3.63) is 17.4 Å². The first kappa shape index (κ1) is 12.0. The van der Waals surface area contributed by atoms with Crippen molar-refractivity contribution in [3.8, 4) is 17.2 Å². The molecule has 0 amide bonds. The van der Waals surface area contributed by atoms with E-state index in [1.807, 2.05) is 0 Å². The third kappa shape index (κ3) is 2.44. The summed E-state index contributed by atoms with van der Waals surface area (Å²) in [5, 5.41) is 9.50. The molecule has 5 heteroatoms. The maximum atomic E-state index is 13.9. The lowest BCUT2D eigenvalue weighted by atomic mass is 9.94. The molecule has 0 bridgehead atoms. The third-order valence-electron chi connectivity index (χ3n) is 2.48. The molecule has 0 unspecified atom stereocenters. The van der Waals surface area contributed by atoms with Crippen molar-refractivity contribution in [1.29, 1.82) is 0 Å². The Kier molecular flexibility index (Phi) is 2.87. The van der Waals surface area contributed by atoms with Crippen molar-refractivity contribution in [2.24, 2.45) is 5.73 Å². The minimum atomic E-state index is -0.687. The summed E-state index contributed by atoms with van der Waals surface area (Å²) in [4.78, 5) is 0. The zero-order chi connectivity index (χ0) is 12.6. The van der Waals surface area contributed by atoms with Gasteiger partial charge in [-0.05, 0) is 20.3 Å². The highest BCUT2D eigenvalue weighted by Crippen LogP contribution is 2.41. The van der Waals surface area contributed by atoms with Crippen molar-refractivity contribution in [1.82, 2.24) is 0 Å². The van der Waals surface area contributed by atoms with E-state index >= 15 is 0 Å². The van der Waals surface area contributed by atoms with Gasteiger partial charge in [0, 0.05) is 17.2 Å². The Morgan fingerprint density at radius 2 is 2.06 bits per heavy atom. The van der Waals surface area contributed by atoms with E-state index < -0.39 is 17.1 Å². The zero-order valence-corrected chi connectivity index (χ0v) is 9.92. The largest absolute Gasteiger partial charge is 0.505 e. The standard InChI is InChI=1S/C12H16FNO3/c1-12(2,14)6-7-10(13)8(15)5-9-11(7)17-4-3-16-9/h5,15H,3-4,6,14H2,1-2H3. The number of aromatic hydroxyl groups is 1. The number of benzene rings is 1. The van der Waals surface area contributed by atoms with Crippen LogP contribution in [0.25, 0.3) is 0 Å². The second-order valence-electron chi connectivity index (χ2n) is 4.88. The smallest absolute Gasteiger partial charge is 0.172 e. The van der Waals surface area contributed by atoms with E-state index in [9.17, 15) is 9.50 Å². The summed E-state index contributed by atoms with van der Waals surface area (Å²) < 4.78 is 24.6. The maximum absolute atomic E-state index is 13.9. The van der Waals surface area contributed by atoms with Gasteiger partial charge >= 0.3 is 0 Å². The summed E-state index contributed by atoms with van der Waals surface area (Å²) in [5.41, 5.74) is 5.55. The van der Waals surface area contributed by atoms with E-state index in [1.165, 1.54) is 6.07 Å². The fraction of sp³-hybridized carbons (Fsp3) is 0.500. The number of halogens is 1.